The molecule has 0 bridgehead atoms. The summed E-state index contributed by atoms with van der Waals surface area (Å²) in [4.78, 5) is 0. The third-order valence-electron chi connectivity index (χ3n) is 3.82. The fourth-order valence-electron chi connectivity index (χ4n) is 2.65. The van der Waals surface area contributed by atoms with Crippen LogP contribution in [0.15, 0.2) is 48.5 Å². The molecule has 0 aliphatic rings. The summed E-state index contributed by atoms with van der Waals surface area (Å²) in [6.45, 7) is 18.5. The van der Waals surface area contributed by atoms with E-state index < -0.39 is 0 Å². The smallest absolute Gasteiger partial charge is 0.123 e. The first-order valence-corrected chi connectivity index (χ1v) is 9.94. The molecule has 2 aromatic rings. The predicted octanol–water partition coefficient (Wildman–Crippen LogP) is 8.39. The summed E-state index contributed by atoms with van der Waals surface area (Å²) in [7, 11) is 0. The predicted molar refractivity (Wildman–Crippen MR) is 113 cm³/mol. The molecule has 0 amide bonds. The molecule has 0 aromatic heterocycles. The van der Waals surface area contributed by atoms with Crippen LogP contribution in [0.25, 0.3) is 0 Å². The minimum Gasteiger partial charge on any atom is -0.207 e. The highest BCUT2D eigenvalue weighted by Gasteiger charge is 2.20. The van der Waals surface area contributed by atoms with E-state index in [1.54, 1.807) is 12.1 Å². The maximum atomic E-state index is 13.5. The summed E-state index contributed by atoms with van der Waals surface area (Å²) in [5.74, 6) is 0.600. The van der Waals surface area contributed by atoms with Crippen LogP contribution in [0.4, 0.5) is 4.39 Å². The quantitative estimate of drug-likeness (QED) is 0.521. The second-order valence-corrected chi connectivity index (χ2v) is 5.33. The van der Waals surface area contributed by atoms with Gasteiger partial charge in [-0.05, 0) is 36.1 Å². The molecule has 0 aliphatic heterocycles. The second kappa shape index (κ2) is 15.9. The summed E-state index contributed by atoms with van der Waals surface area (Å²) in [5, 5.41) is 0. The monoisotopic (exact) mass is 346 g/mol. The van der Waals surface area contributed by atoms with Gasteiger partial charge in [0.25, 0.3) is 0 Å². The average molecular weight is 347 g/mol. The van der Waals surface area contributed by atoms with Crippen LogP contribution in [-0.2, 0) is 0 Å². The first-order valence-electron chi connectivity index (χ1n) is 9.94. The van der Waals surface area contributed by atoms with Crippen LogP contribution in [0.1, 0.15) is 84.4 Å². The Balaban J connectivity index is 0. The SMILES string of the molecule is CC.CC.CC.CCC(C)C(c1cccc(C)c1)c1cccc(F)c1. The Morgan fingerprint density at radius 2 is 1.28 bits per heavy atom. The Kier molecular flexibility index (Phi) is 16.3. The third kappa shape index (κ3) is 8.86. The molecule has 0 heterocycles. The molecule has 2 aromatic carbocycles. The number of hydrogen-bond acceptors (Lipinski definition) is 0. The minimum absolute atomic E-state index is 0.154. The lowest BCUT2D eigenvalue weighted by molar-refractivity contribution is 0.493. The summed E-state index contributed by atoms with van der Waals surface area (Å²) < 4.78 is 13.5. The van der Waals surface area contributed by atoms with Crippen LogP contribution in [0, 0.1) is 18.7 Å². The Hall–Kier alpha value is -1.63. The first-order chi connectivity index (χ1) is 12.1. The first kappa shape index (κ1) is 25.6. The van der Waals surface area contributed by atoms with Gasteiger partial charge in [0.15, 0.2) is 0 Å². The maximum absolute atomic E-state index is 13.5. The second-order valence-electron chi connectivity index (χ2n) is 5.33. The van der Waals surface area contributed by atoms with Crippen LogP contribution in [0.5, 0.6) is 0 Å². The lowest BCUT2D eigenvalue weighted by atomic mass is 9.80. The van der Waals surface area contributed by atoms with Crippen molar-refractivity contribution in [2.45, 2.75) is 74.7 Å². The van der Waals surface area contributed by atoms with Crippen LogP contribution in [-0.4, -0.2) is 0 Å². The van der Waals surface area contributed by atoms with E-state index in [0.717, 1.165) is 12.0 Å². The molecule has 1 heteroatoms. The normalized spacial score (nSPS) is 11.4. The fourth-order valence-corrected chi connectivity index (χ4v) is 2.65. The van der Waals surface area contributed by atoms with E-state index in [1.807, 2.05) is 47.6 Å². The number of halogens is 1. The molecule has 0 N–H and O–H groups in total. The molecule has 0 nitrogen and oxygen atoms in total. The molecule has 0 radical (unpaired) electrons. The van der Waals surface area contributed by atoms with Crippen molar-refractivity contribution < 1.29 is 4.39 Å². The van der Waals surface area contributed by atoms with Crippen LogP contribution in [0.3, 0.4) is 0 Å². The summed E-state index contributed by atoms with van der Waals surface area (Å²) in [5.41, 5.74) is 3.60. The van der Waals surface area contributed by atoms with Gasteiger partial charge < -0.3 is 0 Å². The van der Waals surface area contributed by atoms with Crippen molar-refractivity contribution in [1.29, 1.82) is 0 Å². The average Bonchev–Trinajstić information content (AvgIpc) is 2.67. The molecular weight excluding hydrogens is 307 g/mol. The molecule has 2 rings (SSSR count). The van der Waals surface area contributed by atoms with Crippen molar-refractivity contribution in [3.8, 4) is 0 Å². The standard InChI is InChI=1S/C18H21F.3C2H6/c1-4-14(3)18(15-8-5-7-13(2)11-15)16-9-6-10-17(19)12-16;3*1-2/h5-12,14,18H,4H2,1-3H3;3*1-2H3. The Bertz CT molecular complexity index is 500. The molecule has 142 valence electrons. The van der Waals surface area contributed by atoms with E-state index in [9.17, 15) is 4.39 Å². The van der Waals surface area contributed by atoms with E-state index >= 15 is 0 Å². The Labute approximate surface area is 156 Å². The highest BCUT2D eigenvalue weighted by molar-refractivity contribution is 5.35. The van der Waals surface area contributed by atoms with E-state index in [0.29, 0.717) is 5.92 Å². The zero-order chi connectivity index (χ0) is 19.8. The van der Waals surface area contributed by atoms with Crippen molar-refractivity contribution in [2.75, 3.05) is 0 Å². The minimum atomic E-state index is -0.154. The van der Waals surface area contributed by atoms with Crippen molar-refractivity contribution in [1.82, 2.24) is 0 Å². The molecule has 0 fully saturated rings. The van der Waals surface area contributed by atoms with Gasteiger partial charge >= 0.3 is 0 Å². The van der Waals surface area contributed by atoms with Crippen molar-refractivity contribution >= 4 is 0 Å². The highest BCUT2D eigenvalue weighted by atomic mass is 19.1. The van der Waals surface area contributed by atoms with Gasteiger partial charge in [-0.15, -0.1) is 0 Å². The van der Waals surface area contributed by atoms with Gasteiger partial charge in [0.05, 0.1) is 0 Å². The number of hydrogen-bond donors (Lipinski definition) is 0. The van der Waals surface area contributed by atoms with Gasteiger partial charge in [0.2, 0.25) is 0 Å². The number of rotatable bonds is 4. The van der Waals surface area contributed by atoms with Gasteiger partial charge in [-0.25, -0.2) is 4.39 Å². The topological polar surface area (TPSA) is 0 Å². The van der Waals surface area contributed by atoms with Crippen LogP contribution < -0.4 is 0 Å². The van der Waals surface area contributed by atoms with Crippen molar-refractivity contribution in [3.63, 3.8) is 0 Å². The van der Waals surface area contributed by atoms with E-state index in [-0.39, 0.29) is 11.7 Å². The largest absolute Gasteiger partial charge is 0.207 e. The number of aryl methyl sites for hydroxylation is 1. The van der Waals surface area contributed by atoms with Crippen LogP contribution >= 0.6 is 0 Å². The molecule has 25 heavy (non-hydrogen) atoms. The lowest BCUT2D eigenvalue weighted by Crippen LogP contribution is -2.11. The zero-order valence-corrected chi connectivity index (χ0v) is 17.9. The highest BCUT2D eigenvalue weighted by Crippen LogP contribution is 2.34. The van der Waals surface area contributed by atoms with Gasteiger partial charge in [-0.3, -0.25) is 0 Å². The Morgan fingerprint density at radius 1 is 0.800 bits per heavy atom. The van der Waals surface area contributed by atoms with Gasteiger partial charge in [0.1, 0.15) is 5.82 Å². The summed E-state index contributed by atoms with van der Waals surface area (Å²) in [6, 6.07) is 15.5. The van der Waals surface area contributed by atoms with Gasteiger partial charge in [0, 0.05) is 5.92 Å². The molecule has 2 unspecified atom stereocenters. The van der Waals surface area contributed by atoms with E-state index in [1.165, 1.54) is 17.2 Å². The van der Waals surface area contributed by atoms with E-state index in [2.05, 4.69) is 45.0 Å². The molecule has 0 aliphatic carbocycles. The Morgan fingerprint density at radius 3 is 1.72 bits per heavy atom. The molecule has 0 saturated carbocycles. The molecule has 2 atom stereocenters. The van der Waals surface area contributed by atoms with Gasteiger partial charge in [-0.1, -0.05) is 104 Å². The lowest BCUT2D eigenvalue weighted by Gasteiger charge is -2.24. The zero-order valence-electron chi connectivity index (χ0n) is 17.9. The van der Waals surface area contributed by atoms with Crippen molar-refractivity contribution in [2.24, 2.45) is 5.92 Å². The third-order valence-corrected chi connectivity index (χ3v) is 3.82. The fraction of sp³-hybridized carbons (Fsp3) is 0.500. The molecule has 0 saturated heterocycles. The summed E-state index contributed by atoms with van der Waals surface area (Å²) >= 11 is 0. The number of benzene rings is 2. The maximum Gasteiger partial charge on any atom is 0.123 e. The summed E-state index contributed by atoms with van der Waals surface area (Å²) in [6.07, 6.45) is 1.08. The van der Waals surface area contributed by atoms with E-state index in [4.69, 9.17) is 0 Å². The molecule has 0 spiro atoms. The van der Waals surface area contributed by atoms with Crippen molar-refractivity contribution in [3.05, 3.63) is 71.0 Å². The van der Waals surface area contributed by atoms with Crippen LogP contribution in [0.2, 0.25) is 0 Å². The van der Waals surface area contributed by atoms with Gasteiger partial charge in [-0.2, -0.15) is 0 Å². The molecular formula is C24H39F.